The fraction of sp³-hybridized carbons (Fsp3) is 0.0204. The first-order valence-corrected chi connectivity index (χ1v) is 19.2. The summed E-state index contributed by atoms with van der Waals surface area (Å²) in [6, 6.07) is 47.8. The molecule has 0 bridgehead atoms. The lowest BCUT2D eigenvalue weighted by molar-refractivity contribution is 1.19. The molecular weight excluding hydrogens is 667 g/mol. The number of allylic oxidation sites excluding steroid dienone is 1. The Morgan fingerprint density at radius 2 is 1.15 bits per heavy atom. The maximum absolute atomic E-state index is 4.12. The van der Waals surface area contributed by atoms with Crippen LogP contribution in [0.3, 0.4) is 0 Å². The van der Waals surface area contributed by atoms with E-state index in [0.29, 0.717) is 0 Å². The van der Waals surface area contributed by atoms with Crippen molar-refractivity contribution in [2.45, 2.75) is 6.92 Å². The fourth-order valence-corrected chi connectivity index (χ4v) is 10.5. The van der Waals surface area contributed by atoms with Gasteiger partial charge in [0.25, 0.3) is 0 Å². The monoisotopic (exact) mass is 699 g/mol. The highest BCUT2D eigenvalue weighted by Gasteiger charge is 2.26. The van der Waals surface area contributed by atoms with Crippen molar-refractivity contribution >= 4 is 97.7 Å². The van der Waals surface area contributed by atoms with Gasteiger partial charge in [0, 0.05) is 51.6 Å². The van der Waals surface area contributed by atoms with Gasteiger partial charge in [0.2, 0.25) is 0 Å². The van der Waals surface area contributed by atoms with Gasteiger partial charge in [0.15, 0.2) is 0 Å². The normalized spacial score (nSPS) is 11.8. The first-order valence-electron chi connectivity index (χ1n) is 17.6. The molecule has 3 aromatic heterocycles. The molecule has 3 heterocycles. The molecule has 246 valence electrons. The summed E-state index contributed by atoms with van der Waals surface area (Å²) >= 11 is 3.65. The average Bonchev–Trinajstić information content (AvgIpc) is 3.92. The summed E-state index contributed by atoms with van der Waals surface area (Å²) in [7, 11) is 0. The SMILES string of the molecule is C=CC.C=Cc1sc2ccc(-c3ccc4c(c3)c3c5cccc6c5c(cc3n4-c3ccc4c(c3)sc3ccccc34)-c3ccccc3-6)cc2c1C=C. The van der Waals surface area contributed by atoms with E-state index in [4.69, 9.17) is 0 Å². The molecule has 1 aliphatic rings. The van der Waals surface area contributed by atoms with E-state index < -0.39 is 0 Å². The van der Waals surface area contributed by atoms with Crippen LogP contribution >= 0.6 is 22.7 Å². The van der Waals surface area contributed by atoms with Crippen molar-refractivity contribution in [1.29, 1.82) is 0 Å². The number of hydrogen-bond acceptors (Lipinski definition) is 2. The fourth-order valence-electron chi connectivity index (χ4n) is 8.37. The van der Waals surface area contributed by atoms with Crippen molar-refractivity contribution in [3.05, 3.63) is 164 Å². The summed E-state index contributed by atoms with van der Waals surface area (Å²) in [6.07, 6.45) is 5.65. The zero-order valence-electron chi connectivity index (χ0n) is 28.7. The van der Waals surface area contributed by atoms with Crippen molar-refractivity contribution < 1.29 is 0 Å². The molecule has 0 unspecified atom stereocenters. The number of hydrogen-bond donors (Lipinski definition) is 0. The van der Waals surface area contributed by atoms with Gasteiger partial charge in [0.05, 0.1) is 11.0 Å². The summed E-state index contributed by atoms with van der Waals surface area (Å²) in [5, 5.41) is 9.11. The highest BCUT2D eigenvalue weighted by Crippen LogP contribution is 2.51. The summed E-state index contributed by atoms with van der Waals surface area (Å²) < 4.78 is 6.39. The molecule has 0 amide bonds. The van der Waals surface area contributed by atoms with Gasteiger partial charge in [-0.1, -0.05) is 110 Å². The molecule has 3 heteroatoms. The molecule has 0 saturated carbocycles. The van der Waals surface area contributed by atoms with Gasteiger partial charge in [-0.2, -0.15) is 0 Å². The summed E-state index contributed by atoms with van der Waals surface area (Å²) in [6.45, 7) is 13.4. The largest absolute Gasteiger partial charge is 0.309 e. The summed E-state index contributed by atoms with van der Waals surface area (Å²) in [4.78, 5) is 1.17. The van der Waals surface area contributed by atoms with Gasteiger partial charge in [0.1, 0.15) is 0 Å². The molecule has 52 heavy (non-hydrogen) atoms. The van der Waals surface area contributed by atoms with E-state index in [1.165, 1.54) is 107 Å². The second kappa shape index (κ2) is 11.8. The number of benzene rings is 7. The van der Waals surface area contributed by atoms with Gasteiger partial charge in [-0.25, -0.2) is 0 Å². The van der Waals surface area contributed by atoms with Crippen LogP contribution < -0.4 is 0 Å². The molecule has 0 fully saturated rings. The molecule has 1 nitrogen and oxygen atoms in total. The van der Waals surface area contributed by atoms with E-state index in [1.54, 1.807) is 17.4 Å². The lowest BCUT2D eigenvalue weighted by Crippen LogP contribution is -1.94. The zero-order valence-corrected chi connectivity index (χ0v) is 30.4. The first kappa shape index (κ1) is 30.8. The van der Waals surface area contributed by atoms with E-state index in [1.807, 2.05) is 30.4 Å². The van der Waals surface area contributed by atoms with Crippen LogP contribution in [0.1, 0.15) is 17.4 Å². The Bertz CT molecular complexity index is 3140. The second-order valence-electron chi connectivity index (χ2n) is 13.3. The average molecular weight is 700 g/mol. The minimum absolute atomic E-state index is 1.16. The van der Waals surface area contributed by atoms with E-state index in [9.17, 15) is 0 Å². The maximum Gasteiger partial charge on any atom is 0.0553 e. The van der Waals surface area contributed by atoms with Gasteiger partial charge in [-0.3, -0.25) is 0 Å². The minimum atomic E-state index is 1.16. The third-order valence-electron chi connectivity index (χ3n) is 10.5. The van der Waals surface area contributed by atoms with Crippen molar-refractivity contribution in [2.24, 2.45) is 0 Å². The molecule has 11 rings (SSSR count). The van der Waals surface area contributed by atoms with Crippen LogP contribution in [0, 0.1) is 0 Å². The van der Waals surface area contributed by atoms with Gasteiger partial charge < -0.3 is 4.57 Å². The quantitative estimate of drug-likeness (QED) is 0.161. The Morgan fingerprint density at radius 3 is 1.96 bits per heavy atom. The van der Waals surface area contributed by atoms with Crippen LogP contribution in [0.15, 0.2) is 153 Å². The van der Waals surface area contributed by atoms with Crippen LogP contribution in [0.4, 0.5) is 0 Å². The van der Waals surface area contributed by atoms with E-state index >= 15 is 0 Å². The molecule has 10 aromatic rings. The van der Waals surface area contributed by atoms with Crippen LogP contribution in [-0.2, 0) is 0 Å². The lowest BCUT2D eigenvalue weighted by atomic mass is 9.96. The maximum atomic E-state index is 4.12. The molecule has 0 N–H and O–H groups in total. The highest BCUT2D eigenvalue weighted by molar-refractivity contribution is 7.25. The Labute approximate surface area is 310 Å². The lowest BCUT2D eigenvalue weighted by Gasteiger charge is -2.10. The predicted molar refractivity (Wildman–Crippen MR) is 232 cm³/mol. The third kappa shape index (κ3) is 4.33. The molecule has 0 saturated heterocycles. The smallest absolute Gasteiger partial charge is 0.0553 e. The second-order valence-corrected chi connectivity index (χ2v) is 15.5. The van der Waals surface area contributed by atoms with Gasteiger partial charge in [-0.05, 0) is 105 Å². The van der Waals surface area contributed by atoms with Crippen LogP contribution in [0.25, 0.3) is 114 Å². The number of rotatable bonds is 4. The molecule has 7 aromatic carbocycles. The minimum Gasteiger partial charge on any atom is -0.309 e. The predicted octanol–water partition coefficient (Wildman–Crippen LogP) is 15.3. The van der Waals surface area contributed by atoms with Crippen LogP contribution in [-0.4, -0.2) is 4.57 Å². The van der Waals surface area contributed by atoms with Crippen LogP contribution in [0.5, 0.6) is 0 Å². The van der Waals surface area contributed by atoms with Crippen LogP contribution in [0.2, 0.25) is 0 Å². The van der Waals surface area contributed by atoms with Crippen molar-refractivity contribution in [2.75, 3.05) is 0 Å². The molecule has 0 atom stereocenters. The van der Waals surface area contributed by atoms with E-state index in [2.05, 4.69) is 152 Å². The van der Waals surface area contributed by atoms with Gasteiger partial charge >= 0.3 is 0 Å². The summed E-state index contributed by atoms with van der Waals surface area (Å²) in [5.41, 5.74) is 12.5. The Hall–Kier alpha value is -6.00. The number of thiophene rings is 2. The van der Waals surface area contributed by atoms with E-state index in [0.717, 1.165) is 5.56 Å². The molecule has 1 aliphatic carbocycles. The van der Waals surface area contributed by atoms with Crippen molar-refractivity contribution in [3.63, 3.8) is 0 Å². The number of aromatic nitrogens is 1. The highest BCUT2D eigenvalue weighted by atomic mass is 32.1. The topological polar surface area (TPSA) is 4.93 Å². The standard InChI is InChI=1S/C46H27NS2.C3H6/c1-3-29-36-22-27(17-21-43(36)48-41(29)4-2)26-16-20-39-38(23-26)46-35-14-9-13-34-30-10-5-6-11-31(30)37(45(34)35)25-40(46)47(39)28-18-19-33-32-12-7-8-15-42(32)49-44(33)24-28;1-3-2/h3-25H,1-2H2;3H,1H2,2H3. The molecule has 0 aliphatic heterocycles. The van der Waals surface area contributed by atoms with Gasteiger partial charge in [-0.15, -0.1) is 29.3 Å². The van der Waals surface area contributed by atoms with E-state index in [-0.39, 0.29) is 0 Å². The zero-order chi connectivity index (χ0) is 35.1. The Morgan fingerprint density at radius 1 is 0.481 bits per heavy atom. The molecule has 0 radical (unpaired) electrons. The van der Waals surface area contributed by atoms with Crippen molar-refractivity contribution in [3.8, 4) is 39.1 Å². The number of fused-ring (bicyclic) bond motifs is 11. The van der Waals surface area contributed by atoms with Crippen molar-refractivity contribution in [1.82, 2.24) is 4.57 Å². The first-order chi connectivity index (χ1) is 25.6. The third-order valence-corrected chi connectivity index (χ3v) is 12.8. The Kier molecular flexibility index (Phi) is 6.98. The summed E-state index contributed by atoms with van der Waals surface area (Å²) in [5.74, 6) is 0. The Balaban J connectivity index is 0.00000109. The molecule has 0 spiro atoms. The number of nitrogens with zero attached hydrogens (tertiary/aromatic N) is 1. The molecular formula is C49H33NS2.